The number of aryl methyl sites for hydroxylation is 1. The van der Waals surface area contributed by atoms with Gasteiger partial charge in [-0.3, -0.25) is 4.79 Å². The highest BCUT2D eigenvalue weighted by molar-refractivity contribution is 7.17. The second-order valence-corrected chi connectivity index (χ2v) is 6.88. The van der Waals surface area contributed by atoms with E-state index in [-0.39, 0.29) is 5.82 Å². The molecule has 0 saturated carbocycles. The first-order valence-electron chi connectivity index (χ1n) is 8.11. The highest BCUT2D eigenvalue weighted by Gasteiger charge is 2.13. The van der Waals surface area contributed by atoms with Gasteiger partial charge >= 0.3 is 0 Å². The van der Waals surface area contributed by atoms with E-state index in [1.807, 2.05) is 19.1 Å². The van der Waals surface area contributed by atoms with E-state index in [1.54, 1.807) is 30.3 Å². The summed E-state index contributed by atoms with van der Waals surface area (Å²) in [6.07, 6.45) is 0. The van der Waals surface area contributed by atoms with Crippen LogP contribution in [0.3, 0.4) is 0 Å². The SMILES string of the molecule is Cc1nc(Oc2ccc(C(N)=O)cc2)sc1-c1ccc2ccc(F)cc2n1. The molecule has 7 heteroatoms. The average molecular weight is 379 g/mol. The lowest BCUT2D eigenvalue weighted by Gasteiger charge is -2.02. The summed E-state index contributed by atoms with van der Waals surface area (Å²) in [5.74, 6) is -0.266. The third-order valence-corrected chi connectivity index (χ3v) is 5.07. The molecule has 0 atom stereocenters. The Morgan fingerprint density at radius 3 is 2.56 bits per heavy atom. The molecular weight excluding hydrogens is 365 g/mol. The van der Waals surface area contributed by atoms with Crippen molar-refractivity contribution in [2.45, 2.75) is 6.92 Å². The lowest BCUT2D eigenvalue weighted by atomic mass is 10.2. The van der Waals surface area contributed by atoms with Crippen molar-refractivity contribution in [2.75, 3.05) is 0 Å². The average Bonchev–Trinajstić information content (AvgIpc) is 3.01. The number of carbonyl (C=O) groups is 1. The summed E-state index contributed by atoms with van der Waals surface area (Å²) in [5, 5.41) is 1.32. The zero-order valence-electron chi connectivity index (χ0n) is 14.3. The number of thiazole rings is 1. The van der Waals surface area contributed by atoms with Crippen molar-refractivity contribution < 1.29 is 13.9 Å². The standard InChI is InChI=1S/C20H14FN3O2S/c1-11-18(16-9-5-12-2-6-14(21)10-17(12)24-16)27-20(23-11)26-15-7-3-13(4-8-15)19(22)25/h2-10H,1H3,(H2,22,25). The summed E-state index contributed by atoms with van der Waals surface area (Å²) in [5.41, 5.74) is 7.71. The summed E-state index contributed by atoms with van der Waals surface area (Å²) in [4.78, 5) is 21.0. The lowest BCUT2D eigenvalue weighted by molar-refractivity contribution is 0.100. The third kappa shape index (κ3) is 3.50. The number of nitrogens with zero attached hydrogens (tertiary/aromatic N) is 2. The first-order chi connectivity index (χ1) is 13.0. The molecular formula is C20H14FN3O2S. The quantitative estimate of drug-likeness (QED) is 0.558. The molecule has 0 bridgehead atoms. The number of hydrogen-bond donors (Lipinski definition) is 1. The Morgan fingerprint density at radius 2 is 1.81 bits per heavy atom. The van der Waals surface area contributed by atoms with E-state index in [0.717, 1.165) is 16.0 Å². The van der Waals surface area contributed by atoms with E-state index >= 15 is 0 Å². The third-order valence-electron chi connectivity index (χ3n) is 4.01. The van der Waals surface area contributed by atoms with Gasteiger partial charge in [0.2, 0.25) is 5.91 Å². The monoisotopic (exact) mass is 379 g/mol. The molecule has 4 rings (SSSR count). The van der Waals surface area contributed by atoms with Crippen LogP contribution in [0.1, 0.15) is 16.1 Å². The molecule has 0 unspecified atom stereocenters. The van der Waals surface area contributed by atoms with Gasteiger partial charge in [-0.05, 0) is 49.4 Å². The predicted molar refractivity (Wildman–Crippen MR) is 103 cm³/mol. The normalized spacial score (nSPS) is 10.9. The van der Waals surface area contributed by atoms with Gasteiger partial charge in [-0.15, -0.1) is 0 Å². The number of pyridine rings is 1. The predicted octanol–water partition coefficient (Wildman–Crippen LogP) is 4.70. The summed E-state index contributed by atoms with van der Waals surface area (Å²) in [6.45, 7) is 1.87. The van der Waals surface area contributed by atoms with Crippen LogP contribution < -0.4 is 10.5 Å². The van der Waals surface area contributed by atoms with Crippen LogP contribution in [0.25, 0.3) is 21.5 Å². The van der Waals surface area contributed by atoms with Gasteiger partial charge in [0.15, 0.2) is 0 Å². The molecule has 0 aliphatic carbocycles. The Labute approximate surface area is 158 Å². The van der Waals surface area contributed by atoms with Crippen LogP contribution in [0.5, 0.6) is 10.9 Å². The Balaban J connectivity index is 1.64. The second-order valence-electron chi connectivity index (χ2n) is 5.92. The number of fused-ring (bicyclic) bond motifs is 1. The molecule has 134 valence electrons. The molecule has 0 spiro atoms. The Bertz CT molecular complexity index is 1160. The minimum absolute atomic E-state index is 0.323. The van der Waals surface area contributed by atoms with Crippen molar-refractivity contribution in [1.82, 2.24) is 9.97 Å². The first kappa shape index (κ1) is 17.1. The van der Waals surface area contributed by atoms with Crippen LogP contribution in [0.2, 0.25) is 0 Å². The minimum atomic E-state index is -0.493. The van der Waals surface area contributed by atoms with Gasteiger partial charge in [-0.2, -0.15) is 0 Å². The molecule has 4 aromatic rings. The molecule has 0 saturated heterocycles. The fourth-order valence-corrected chi connectivity index (χ4v) is 3.56. The molecule has 0 fully saturated rings. The van der Waals surface area contributed by atoms with Crippen LogP contribution in [0.4, 0.5) is 4.39 Å². The van der Waals surface area contributed by atoms with Gasteiger partial charge in [0, 0.05) is 17.0 Å². The molecule has 0 radical (unpaired) electrons. The van der Waals surface area contributed by atoms with Gasteiger partial charge < -0.3 is 10.5 Å². The second kappa shape index (κ2) is 6.77. The molecule has 27 heavy (non-hydrogen) atoms. The molecule has 0 aliphatic rings. The fraction of sp³-hybridized carbons (Fsp3) is 0.0500. The number of primary amides is 1. The minimum Gasteiger partial charge on any atom is -0.431 e. The van der Waals surface area contributed by atoms with Gasteiger partial charge in [-0.1, -0.05) is 17.4 Å². The van der Waals surface area contributed by atoms with Crippen LogP contribution in [-0.2, 0) is 0 Å². The van der Waals surface area contributed by atoms with Crippen LogP contribution >= 0.6 is 11.3 Å². The van der Waals surface area contributed by atoms with Gasteiger partial charge in [-0.25, -0.2) is 14.4 Å². The summed E-state index contributed by atoms with van der Waals surface area (Å²) >= 11 is 1.35. The van der Waals surface area contributed by atoms with Crippen LogP contribution in [0.15, 0.2) is 54.6 Å². The summed E-state index contributed by atoms with van der Waals surface area (Å²) in [7, 11) is 0. The van der Waals surface area contributed by atoms with Crippen LogP contribution in [-0.4, -0.2) is 15.9 Å². The van der Waals surface area contributed by atoms with E-state index < -0.39 is 5.91 Å². The largest absolute Gasteiger partial charge is 0.431 e. The number of halogens is 1. The number of rotatable bonds is 4. The van der Waals surface area contributed by atoms with Crippen molar-refractivity contribution >= 4 is 28.1 Å². The number of ether oxygens (including phenoxy) is 1. The van der Waals surface area contributed by atoms with E-state index in [2.05, 4.69) is 9.97 Å². The maximum atomic E-state index is 13.5. The van der Waals surface area contributed by atoms with Gasteiger partial charge in [0.05, 0.1) is 21.8 Å². The van der Waals surface area contributed by atoms with Crippen molar-refractivity contribution in [2.24, 2.45) is 5.73 Å². The lowest BCUT2D eigenvalue weighted by Crippen LogP contribution is -2.10. The van der Waals surface area contributed by atoms with Gasteiger partial charge in [0.25, 0.3) is 5.19 Å². The van der Waals surface area contributed by atoms with E-state index in [4.69, 9.17) is 10.5 Å². The number of benzene rings is 2. The molecule has 2 heterocycles. The molecule has 2 aromatic carbocycles. The summed E-state index contributed by atoms with van der Waals surface area (Å²) < 4.78 is 19.2. The first-order valence-corrected chi connectivity index (χ1v) is 8.93. The van der Waals surface area contributed by atoms with Crippen LogP contribution in [0, 0.1) is 12.7 Å². The number of hydrogen-bond acceptors (Lipinski definition) is 5. The molecule has 5 nitrogen and oxygen atoms in total. The Hall–Kier alpha value is -3.32. The zero-order chi connectivity index (χ0) is 19.0. The van der Waals surface area contributed by atoms with E-state index in [9.17, 15) is 9.18 Å². The van der Waals surface area contributed by atoms with Crippen molar-refractivity contribution in [3.63, 3.8) is 0 Å². The number of carbonyl (C=O) groups excluding carboxylic acids is 1. The molecule has 2 aromatic heterocycles. The maximum Gasteiger partial charge on any atom is 0.279 e. The molecule has 2 N–H and O–H groups in total. The number of amides is 1. The topological polar surface area (TPSA) is 78.1 Å². The summed E-state index contributed by atoms with van der Waals surface area (Å²) in [6, 6.07) is 14.8. The number of aromatic nitrogens is 2. The van der Waals surface area contributed by atoms with Crippen molar-refractivity contribution in [3.8, 4) is 21.5 Å². The van der Waals surface area contributed by atoms with Crippen molar-refractivity contribution in [3.05, 3.63) is 71.7 Å². The Morgan fingerprint density at radius 1 is 1.07 bits per heavy atom. The smallest absolute Gasteiger partial charge is 0.279 e. The Kier molecular flexibility index (Phi) is 4.29. The van der Waals surface area contributed by atoms with Crippen molar-refractivity contribution in [1.29, 1.82) is 0 Å². The zero-order valence-corrected chi connectivity index (χ0v) is 15.1. The molecule has 0 aliphatic heterocycles. The van der Waals surface area contributed by atoms with E-state index in [1.165, 1.54) is 23.5 Å². The van der Waals surface area contributed by atoms with Gasteiger partial charge in [0.1, 0.15) is 11.6 Å². The highest BCUT2D eigenvalue weighted by Crippen LogP contribution is 2.36. The number of nitrogens with two attached hydrogens (primary N) is 1. The maximum absolute atomic E-state index is 13.5. The highest BCUT2D eigenvalue weighted by atomic mass is 32.1. The fourth-order valence-electron chi connectivity index (χ4n) is 2.66. The van der Waals surface area contributed by atoms with E-state index in [0.29, 0.717) is 27.7 Å². The molecule has 1 amide bonds.